The number of hydrogen-bond acceptors (Lipinski definition) is 5. The summed E-state index contributed by atoms with van der Waals surface area (Å²) in [5.41, 5.74) is 0.597. The van der Waals surface area contributed by atoms with Gasteiger partial charge < -0.3 is 24.4 Å². The molecule has 0 fully saturated rings. The van der Waals surface area contributed by atoms with Gasteiger partial charge in [0.05, 0.1) is 25.5 Å². The Morgan fingerprint density at radius 1 is 1.04 bits per heavy atom. The van der Waals surface area contributed by atoms with Crippen molar-refractivity contribution in [2.45, 2.75) is 13.0 Å². The maximum absolute atomic E-state index is 12.6. The van der Waals surface area contributed by atoms with Gasteiger partial charge in [-0.05, 0) is 37.3 Å². The van der Waals surface area contributed by atoms with Gasteiger partial charge in [-0.15, -0.1) is 0 Å². The van der Waals surface area contributed by atoms with Crippen molar-refractivity contribution in [3.63, 3.8) is 0 Å². The van der Waals surface area contributed by atoms with Gasteiger partial charge in [0.2, 0.25) is 0 Å². The fraction of sp³-hybridized carbons (Fsp3) is 0.300. The molecule has 2 aromatic rings. The molecule has 1 unspecified atom stereocenters. The fourth-order valence-corrected chi connectivity index (χ4v) is 2.67. The van der Waals surface area contributed by atoms with Crippen LogP contribution >= 0.6 is 15.9 Å². The average molecular weight is 451 g/mol. The largest absolute Gasteiger partial charge is 0.493 e. The van der Waals surface area contributed by atoms with Gasteiger partial charge in [-0.3, -0.25) is 9.59 Å². The molecule has 0 saturated carbocycles. The Bertz CT molecular complexity index is 852. The van der Waals surface area contributed by atoms with E-state index < -0.39 is 12.0 Å². The molecule has 1 N–H and O–H groups in total. The van der Waals surface area contributed by atoms with E-state index in [9.17, 15) is 9.59 Å². The number of rotatable bonds is 7. The summed E-state index contributed by atoms with van der Waals surface area (Å²) in [5, 5.41) is 2.75. The summed E-state index contributed by atoms with van der Waals surface area (Å²) in [4.78, 5) is 26.6. The second-order valence-corrected chi connectivity index (χ2v) is 7.07. The summed E-state index contributed by atoms with van der Waals surface area (Å²) in [6.07, 6.45) is -0.781. The van der Waals surface area contributed by atoms with Crippen LogP contribution in [0.1, 0.15) is 17.3 Å². The second kappa shape index (κ2) is 9.45. The summed E-state index contributed by atoms with van der Waals surface area (Å²) >= 11 is 3.35. The van der Waals surface area contributed by atoms with Crippen molar-refractivity contribution >= 4 is 33.4 Å². The van der Waals surface area contributed by atoms with E-state index in [-0.39, 0.29) is 11.5 Å². The van der Waals surface area contributed by atoms with Crippen LogP contribution in [-0.2, 0) is 4.79 Å². The number of halogens is 1. The number of hydrogen-bond donors (Lipinski definition) is 1. The molecule has 0 saturated heterocycles. The Labute approximate surface area is 172 Å². The van der Waals surface area contributed by atoms with Crippen LogP contribution in [0.25, 0.3) is 0 Å². The molecule has 0 heterocycles. The number of nitrogens with one attached hydrogen (secondary N) is 1. The lowest BCUT2D eigenvalue weighted by Gasteiger charge is -2.19. The van der Waals surface area contributed by atoms with Gasteiger partial charge in [-0.2, -0.15) is 0 Å². The molecule has 2 rings (SSSR count). The first-order chi connectivity index (χ1) is 13.3. The minimum Gasteiger partial charge on any atom is -0.493 e. The predicted molar refractivity (Wildman–Crippen MR) is 110 cm³/mol. The van der Waals surface area contributed by atoms with Gasteiger partial charge in [-0.1, -0.05) is 15.9 Å². The summed E-state index contributed by atoms with van der Waals surface area (Å²) < 4.78 is 17.1. The zero-order valence-electron chi connectivity index (χ0n) is 16.4. The topological polar surface area (TPSA) is 77.1 Å². The molecule has 8 heteroatoms. The molecule has 0 radical (unpaired) electrons. The first kappa shape index (κ1) is 21.6. The Morgan fingerprint density at radius 3 is 2.14 bits per heavy atom. The predicted octanol–water partition coefficient (Wildman–Crippen LogP) is 3.57. The monoisotopic (exact) mass is 450 g/mol. The van der Waals surface area contributed by atoms with Gasteiger partial charge in [0.1, 0.15) is 5.75 Å². The molecule has 7 nitrogen and oxygen atoms in total. The first-order valence-corrected chi connectivity index (χ1v) is 9.26. The molecule has 2 aromatic carbocycles. The van der Waals surface area contributed by atoms with Crippen molar-refractivity contribution < 1.29 is 23.8 Å². The number of methoxy groups -OCH3 is 2. The van der Waals surface area contributed by atoms with Crippen molar-refractivity contribution in [3.05, 3.63) is 46.4 Å². The van der Waals surface area contributed by atoms with Crippen LogP contribution in [0.2, 0.25) is 0 Å². The molecule has 2 amide bonds. The Morgan fingerprint density at radius 2 is 1.61 bits per heavy atom. The summed E-state index contributed by atoms with van der Waals surface area (Å²) in [5.74, 6) is 0.669. The first-order valence-electron chi connectivity index (χ1n) is 8.47. The summed E-state index contributed by atoms with van der Waals surface area (Å²) in [6.45, 7) is 1.63. The van der Waals surface area contributed by atoms with Crippen LogP contribution in [0.3, 0.4) is 0 Å². The summed E-state index contributed by atoms with van der Waals surface area (Å²) in [6, 6.07) is 10.2. The van der Waals surface area contributed by atoms with E-state index in [1.54, 1.807) is 39.2 Å². The SMILES string of the molecule is COc1cc(NC(=O)C(C)Oc2ccc(Br)cc2)c(C(=O)N(C)C)cc1OC. The van der Waals surface area contributed by atoms with E-state index in [2.05, 4.69) is 21.2 Å². The Kier molecular flexibility index (Phi) is 7.28. The highest BCUT2D eigenvalue weighted by atomic mass is 79.9. The Balaban J connectivity index is 2.28. The van der Waals surface area contributed by atoms with E-state index in [0.29, 0.717) is 22.9 Å². The molecular weight excluding hydrogens is 428 g/mol. The van der Waals surface area contributed by atoms with Gasteiger partial charge in [-0.25, -0.2) is 0 Å². The molecule has 150 valence electrons. The molecule has 28 heavy (non-hydrogen) atoms. The molecule has 0 aliphatic carbocycles. The number of benzene rings is 2. The number of amides is 2. The van der Waals surface area contributed by atoms with Gasteiger partial charge in [0, 0.05) is 24.6 Å². The number of ether oxygens (including phenoxy) is 3. The van der Waals surface area contributed by atoms with E-state index in [0.717, 1.165) is 4.47 Å². The number of carbonyl (C=O) groups excluding carboxylic acids is 2. The maximum Gasteiger partial charge on any atom is 0.265 e. The van der Waals surface area contributed by atoms with Crippen molar-refractivity contribution in [1.82, 2.24) is 4.90 Å². The fourth-order valence-electron chi connectivity index (χ4n) is 2.41. The molecule has 1 atom stereocenters. The third-order valence-corrected chi connectivity index (χ3v) is 4.44. The lowest BCUT2D eigenvalue weighted by atomic mass is 10.1. The standard InChI is InChI=1S/C20H23BrN2O5/c1-12(28-14-8-6-13(21)7-9-14)19(24)22-16-11-18(27-5)17(26-4)10-15(16)20(25)23(2)3/h6-12H,1-5H3,(H,22,24). The van der Waals surface area contributed by atoms with Gasteiger partial charge >= 0.3 is 0 Å². The lowest BCUT2D eigenvalue weighted by molar-refractivity contribution is -0.122. The highest BCUT2D eigenvalue weighted by Crippen LogP contribution is 2.34. The molecule has 0 aromatic heterocycles. The van der Waals surface area contributed by atoms with Crippen LogP contribution in [0.15, 0.2) is 40.9 Å². The smallest absolute Gasteiger partial charge is 0.265 e. The molecule has 0 aliphatic rings. The average Bonchev–Trinajstić information content (AvgIpc) is 2.68. The highest BCUT2D eigenvalue weighted by Gasteiger charge is 2.22. The quantitative estimate of drug-likeness (QED) is 0.697. The van der Waals surface area contributed by atoms with E-state index in [4.69, 9.17) is 14.2 Å². The molecular formula is C20H23BrN2O5. The maximum atomic E-state index is 12.6. The van der Waals surface area contributed by atoms with Crippen LogP contribution in [-0.4, -0.2) is 51.1 Å². The number of anilines is 1. The second-order valence-electron chi connectivity index (χ2n) is 6.16. The van der Waals surface area contributed by atoms with Crippen LogP contribution < -0.4 is 19.5 Å². The minimum atomic E-state index is -0.781. The van der Waals surface area contributed by atoms with Crippen molar-refractivity contribution in [1.29, 1.82) is 0 Å². The number of carbonyl (C=O) groups is 2. The van der Waals surface area contributed by atoms with E-state index in [1.165, 1.54) is 25.2 Å². The van der Waals surface area contributed by atoms with Crippen LogP contribution in [0, 0.1) is 0 Å². The molecule has 0 bridgehead atoms. The molecule has 0 spiro atoms. The van der Waals surface area contributed by atoms with Crippen LogP contribution in [0.4, 0.5) is 5.69 Å². The van der Waals surface area contributed by atoms with Gasteiger partial charge in [0.25, 0.3) is 11.8 Å². The van der Waals surface area contributed by atoms with E-state index >= 15 is 0 Å². The van der Waals surface area contributed by atoms with E-state index in [1.807, 2.05) is 12.1 Å². The molecule has 0 aliphatic heterocycles. The number of nitrogens with zero attached hydrogens (tertiary/aromatic N) is 1. The van der Waals surface area contributed by atoms with Crippen molar-refractivity contribution in [2.75, 3.05) is 33.6 Å². The highest BCUT2D eigenvalue weighted by molar-refractivity contribution is 9.10. The lowest BCUT2D eigenvalue weighted by Crippen LogP contribution is -2.31. The third-order valence-electron chi connectivity index (χ3n) is 3.91. The zero-order valence-corrected chi connectivity index (χ0v) is 18.0. The van der Waals surface area contributed by atoms with Crippen LogP contribution in [0.5, 0.6) is 17.2 Å². The van der Waals surface area contributed by atoms with Crippen molar-refractivity contribution in [3.8, 4) is 17.2 Å². The Hall–Kier alpha value is -2.74. The van der Waals surface area contributed by atoms with Gasteiger partial charge in [0.15, 0.2) is 17.6 Å². The minimum absolute atomic E-state index is 0.280. The zero-order chi connectivity index (χ0) is 20.8. The van der Waals surface area contributed by atoms with Crippen molar-refractivity contribution in [2.24, 2.45) is 0 Å². The normalized spacial score (nSPS) is 11.4. The summed E-state index contributed by atoms with van der Waals surface area (Å²) in [7, 11) is 6.22. The third kappa shape index (κ3) is 5.16.